The molecule has 0 fully saturated rings. The molecule has 4 rings (SSSR count). The van der Waals surface area contributed by atoms with Gasteiger partial charge in [0.1, 0.15) is 5.75 Å². The van der Waals surface area contributed by atoms with Crippen LogP contribution in [0.15, 0.2) is 54.9 Å². The van der Waals surface area contributed by atoms with Crippen molar-refractivity contribution in [1.29, 1.82) is 0 Å². The molecule has 2 aromatic heterocycles. The second kappa shape index (κ2) is 9.79. The van der Waals surface area contributed by atoms with Crippen molar-refractivity contribution in [3.63, 3.8) is 0 Å². The Bertz CT molecular complexity index is 1250. The van der Waals surface area contributed by atoms with E-state index in [1.54, 1.807) is 13.3 Å². The van der Waals surface area contributed by atoms with Gasteiger partial charge in [0.05, 0.1) is 29.9 Å². The van der Waals surface area contributed by atoms with E-state index in [9.17, 15) is 0 Å². The van der Waals surface area contributed by atoms with Gasteiger partial charge in [0.2, 0.25) is 5.95 Å². The van der Waals surface area contributed by atoms with Crippen molar-refractivity contribution in [2.75, 3.05) is 57.3 Å². The number of methoxy groups -OCH3 is 1. The monoisotopic (exact) mass is 445 g/mol. The summed E-state index contributed by atoms with van der Waals surface area (Å²) in [7, 11) is 9.72. The van der Waals surface area contributed by atoms with Crippen LogP contribution in [0.5, 0.6) is 5.75 Å². The number of para-hydroxylation sites is 1. The molecule has 0 bridgehead atoms. The van der Waals surface area contributed by atoms with Crippen molar-refractivity contribution >= 4 is 33.9 Å². The number of hydrogen-bond donors (Lipinski definition) is 3. The molecule has 2 aromatic carbocycles. The molecule has 0 aliphatic carbocycles. The molecule has 0 amide bonds. The first-order chi connectivity index (χ1) is 16.0. The van der Waals surface area contributed by atoms with Gasteiger partial charge in [-0.2, -0.15) is 0 Å². The second-order valence-electron chi connectivity index (χ2n) is 8.14. The maximum absolute atomic E-state index is 5.64. The van der Waals surface area contributed by atoms with Crippen LogP contribution in [0.4, 0.5) is 23.0 Å². The summed E-state index contributed by atoms with van der Waals surface area (Å²) in [5, 5.41) is 11.2. The topological polar surface area (TPSA) is 79.3 Å². The van der Waals surface area contributed by atoms with Crippen LogP contribution in [0.25, 0.3) is 22.2 Å². The molecule has 8 heteroatoms. The molecule has 0 saturated carbocycles. The van der Waals surface area contributed by atoms with E-state index in [-0.39, 0.29) is 0 Å². The maximum Gasteiger partial charge on any atom is 0.227 e. The summed E-state index contributed by atoms with van der Waals surface area (Å²) in [6.07, 6.45) is 3.88. The number of aryl methyl sites for hydroxylation is 1. The zero-order valence-corrected chi connectivity index (χ0v) is 19.8. The van der Waals surface area contributed by atoms with Crippen molar-refractivity contribution in [1.82, 2.24) is 19.4 Å². The number of anilines is 4. The van der Waals surface area contributed by atoms with Crippen LogP contribution in [-0.2, 0) is 7.05 Å². The van der Waals surface area contributed by atoms with E-state index < -0.39 is 0 Å². The van der Waals surface area contributed by atoms with Crippen LogP contribution in [-0.4, -0.2) is 60.8 Å². The lowest BCUT2D eigenvalue weighted by atomic mass is 10.1. The third-order valence-corrected chi connectivity index (χ3v) is 5.56. The number of benzene rings is 2. The van der Waals surface area contributed by atoms with Gasteiger partial charge in [-0.25, -0.2) is 9.97 Å². The van der Waals surface area contributed by atoms with E-state index in [2.05, 4.69) is 62.8 Å². The summed E-state index contributed by atoms with van der Waals surface area (Å²) < 4.78 is 7.75. The lowest BCUT2D eigenvalue weighted by Crippen LogP contribution is -2.21. The van der Waals surface area contributed by atoms with Gasteiger partial charge in [-0.05, 0) is 32.3 Å². The normalized spacial score (nSPS) is 11.1. The highest BCUT2D eigenvalue weighted by atomic mass is 16.5. The van der Waals surface area contributed by atoms with Crippen molar-refractivity contribution in [2.45, 2.75) is 0 Å². The van der Waals surface area contributed by atoms with E-state index >= 15 is 0 Å². The number of fused-ring (bicyclic) bond motifs is 1. The zero-order valence-electron chi connectivity index (χ0n) is 19.8. The molecule has 0 atom stereocenters. The molecule has 0 unspecified atom stereocenters. The number of aromatic nitrogens is 3. The van der Waals surface area contributed by atoms with E-state index in [1.165, 1.54) is 5.52 Å². The van der Waals surface area contributed by atoms with E-state index in [0.29, 0.717) is 11.7 Å². The maximum atomic E-state index is 5.64. The first-order valence-electron chi connectivity index (χ1n) is 10.9. The number of hydrogen-bond acceptors (Lipinski definition) is 7. The molecular formula is C25H31N7O. The minimum absolute atomic E-state index is 0.509. The van der Waals surface area contributed by atoms with Gasteiger partial charge in [0.25, 0.3) is 0 Å². The molecule has 0 spiro atoms. The highest BCUT2D eigenvalue weighted by Gasteiger charge is 2.14. The van der Waals surface area contributed by atoms with Crippen LogP contribution in [0, 0.1) is 0 Å². The van der Waals surface area contributed by atoms with Gasteiger partial charge in [-0.15, -0.1) is 0 Å². The van der Waals surface area contributed by atoms with Crippen LogP contribution >= 0.6 is 0 Å². The largest absolute Gasteiger partial charge is 0.494 e. The average molecular weight is 446 g/mol. The predicted octanol–water partition coefficient (Wildman–Crippen LogP) is 4.40. The molecule has 3 N–H and O–H groups in total. The summed E-state index contributed by atoms with van der Waals surface area (Å²) in [4.78, 5) is 11.4. The fraction of sp³-hybridized carbons (Fsp3) is 0.280. The Balaban J connectivity index is 1.66. The predicted molar refractivity (Wildman–Crippen MR) is 137 cm³/mol. The molecule has 0 radical (unpaired) electrons. The van der Waals surface area contributed by atoms with Crippen molar-refractivity contribution in [3.05, 3.63) is 54.9 Å². The molecule has 4 aromatic rings. The molecule has 2 heterocycles. The molecule has 0 saturated heterocycles. The Hall–Kier alpha value is -3.78. The third kappa shape index (κ3) is 4.85. The fourth-order valence-corrected chi connectivity index (χ4v) is 3.85. The second-order valence-corrected chi connectivity index (χ2v) is 8.14. The summed E-state index contributed by atoms with van der Waals surface area (Å²) >= 11 is 0. The van der Waals surface area contributed by atoms with E-state index in [0.717, 1.165) is 46.8 Å². The number of nitrogens with zero attached hydrogens (tertiary/aromatic N) is 4. The average Bonchev–Trinajstić information content (AvgIpc) is 3.16. The van der Waals surface area contributed by atoms with Gasteiger partial charge < -0.3 is 30.2 Å². The fourth-order valence-electron chi connectivity index (χ4n) is 3.85. The Morgan fingerprint density at radius 1 is 1.06 bits per heavy atom. The van der Waals surface area contributed by atoms with Crippen LogP contribution in [0.2, 0.25) is 0 Å². The zero-order chi connectivity index (χ0) is 23.4. The Kier molecular flexibility index (Phi) is 6.65. The Morgan fingerprint density at radius 3 is 2.64 bits per heavy atom. The molecule has 33 heavy (non-hydrogen) atoms. The number of likely N-dealkylation sites (N-methyl/N-ethyl adjacent to an activating group) is 1. The summed E-state index contributed by atoms with van der Waals surface area (Å²) in [6.45, 7) is 1.74. The Morgan fingerprint density at radius 2 is 1.88 bits per heavy atom. The lowest BCUT2D eigenvalue weighted by molar-refractivity contribution is 0.417. The minimum Gasteiger partial charge on any atom is -0.494 e. The van der Waals surface area contributed by atoms with Crippen LogP contribution < -0.4 is 20.7 Å². The van der Waals surface area contributed by atoms with Crippen LogP contribution in [0.1, 0.15) is 0 Å². The first-order valence-corrected chi connectivity index (χ1v) is 10.9. The third-order valence-electron chi connectivity index (χ3n) is 5.56. The summed E-state index contributed by atoms with van der Waals surface area (Å²) in [5.74, 6) is 1.21. The molecule has 0 aliphatic rings. The van der Waals surface area contributed by atoms with Crippen molar-refractivity contribution in [2.24, 2.45) is 7.05 Å². The van der Waals surface area contributed by atoms with Crippen molar-refractivity contribution < 1.29 is 4.74 Å². The minimum atomic E-state index is 0.509. The smallest absolute Gasteiger partial charge is 0.227 e. The number of rotatable bonds is 9. The summed E-state index contributed by atoms with van der Waals surface area (Å²) in [5.41, 5.74) is 5.83. The highest BCUT2D eigenvalue weighted by Crippen LogP contribution is 2.36. The standard InChI is InChI=1S/C25H31N7O/c1-26-20-15-24(33-5)22(14-21(20)27-12-13-31(2)3)30-25-28-11-10-19(29-25)18-16-32(4)23-9-7-6-8-17(18)23/h6-11,14-16,26-27H,12-13H2,1-5H3,(H,28,29,30). The summed E-state index contributed by atoms with van der Waals surface area (Å²) in [6, 6.07) is 14.2. The van der Waals surface area contributed by atoms with E-state index in [1.807, 2.05) is 44.4 Å². The quantitative estimate of drug-likeness (QED) is 0.352. The molecular weight excluding hydrogens is 414 g/mol. The SMILES string of the molecule is CNc1cc(OC)c(Nc2nccc(-c3cn(C)c4ccccc34)n2)cc1NCCN(C)C. The van der Waals surface area contributed by atoms with E-state index in [4.69, 9.17) is 9.72 Å². The van der Waals surface area contributed by atoms with Gasteiger partial charge >= 0.3 is 0 Å². The van der Waals surface area contributed by atoms with Gasteiger partial charge in [-0.3, -0.25) is 0 Å². The number of ether oxygens (including phenoxy) is 1. The molecule has 8 nitrogen and oxygen atoms in total. The molecule has 0 aliphatic heterocycles. The van der Waals surface area contributed by atoms with Gasteiger partial charge in [0, 0.05) is 62.1 Å². The lowest BCUT2D eigenvalue weighted by Gasteiger charge is -2.18. The highest BCUT2D eigenvalue weighted by molar-refractivity contribution is 5.95. The first kappa shape index (κ1) is 22.4. The van der Waals surface area contributed by atoms with Crippen molar-refractivity contribution in [3.8, 4) is 17.0 Å². The Labute approximate surface area is 194 Å². The number of nitrogens with one attached hydrogen (secondary N) is 3. The molecule has 172 valence electrons. The van der Waals surface area contributed by atoms with Gasteiger partial charge in [-0.1, -0.05) is 18.2 Å². The van der Waals surface area contributed by atoms with Gasteiger partial charge in [0.15, 0.2) is 0 Å². The van der Waals surface area contributed by atoms with Crippen LogP contribution in [0.3, 0.4) is 0 Å².